The van der Waals surface area contributed by atoms with Crippen LogP contribution in [0.1, 0.15) is 44.4 Å². The zero-order chi connectivity index (χ0) is 26.6. The van der Waals surface area contributed by atoms with Crippen molar-refractivity contribution < 1.29 is 31.9 Å². The zero-order valence-electron chi connectivity index (χ0n) is 20.4. The van der Waals surface area contributed by atoms with E-state index in [1.165, 1.54) is 26.4 Å². The number of carbonyl (C=O) groups is 1. The first kappa shape index (κ1) is 24.4. The van der Waals surface area contributed by atoms with E-state index in [1.54, 1.807) is 30.3 Å². The molecule has 1 aromatic heterocycles. The molecule has 0 fully saturated rings. The van der Waals surface area contributed by atoms with Crippen LogP contribution in [0.2, 0.25) is 0 Å². The fourth-order valence-corrected chi connectivity index (χ4v) is 4.66. The number of aryl methyl sites for hydroxylation is 2. The van der Waals surface area contributed by atoms with Gasteiger partial charge in [-0.05, 0) is 73.0 Å². The number of hydrogen-bond acceptors (Lipinski definition) is 5. The molecule has 0 radical (unpaired) electrons. The van der Waals surface area contributed by atoms with Gasteiger partial charge in [-0.15, -0.1) is 0 Å². The number of nitrogens with zero attached hydrogens (tertiary/aromatic N) is 1. The van der Waals surface area contributed by atoms with Crippen molar-refractivity contribution in [2.24, 2.45) is 0 Å². The van der Waals surface area contributed by atoms with Gasteiger partial charge >= 0.3 is 6.18 Å². The highest BCUT2D eigenvalue weighted by molar-refractivity contribution is 6.10. The van der Waals surface area contributed by atoms with Crippen LogP contribution in [0, 0.1) is 13.8 Å². The number of rotatable bonds is 4. The van der Waals surface area contributed by atoms with E-state index in [4.69, 9.17) is 13.9 Å². The molecule has 190 valence electrons. The van der Waals surface area contributed by atoms with Gasteiger partial charge in [-0.3, -0.25) is 14.5 Å². The van der Waals surface area contributed by atoms with Gasteiger partial charge < -0.3 is 13.9 Å². The third-order valence-corrected chi connectivity index (χ3v) is 6.66. The van der Waals surface area contributed by atoms with Crippen LogP contribution in [0.15, 0.2) is 63.8 Å². The predicted molar refractivity (Wildman–Crippen MR) is 132 cm³/mol. The van der Waals surface area contributed by atoms with Crippen LogP contribution in [-0.2, 0) is 6.18 Å². The van der Waals surface area contributed by atoms with Crippen molar-refractivity contribution in [1.82, 2.24) is 0 Å². The quantitative estimate of drug-likeness (QED) is 0.328. The van der Waals surface area contributed by atoms with Gasteiger partial charge in [-0.2, -0.15) is 13.2 Å². The Balaban J connectivity index is 1.81. The summed E-state index contributed by atoms with van der Waals surface area (Å²) >= 11 is 0. The standard InChI is InChI=1S/C28H22F3NO5/c1-14-10-19-21(11-15(14)2)37-26-23(25(19)33)24(16-8-9-20(35-3)22(12-16)36-4)32(27(26)34)18-7-5-6-17(13-18)28(29,30)31/h5-13,24H,1-4H3. The van der Waals surface area contributed by atoms with Crippen LogP contribution < -0.4 is 19.8 Å². The Hall–Kier alpha value is -4.27. The molecule has 1 aliphatic heterocycles. The van der Waals surface area contributed by atoms with Gasteiger partial charge in [-0.25, -0.2) is 0 Å². The average molecular weight is 509 g/mol. The fraction of sp³-hybridized carbons (Fsp3) is 0.214. The second-order valence-electron chi connectivity index (χ2n) is 8.85. The van der Waals surface area contributed by atoms with Crippen LogP contribution >= 0.6 is 0 Å². The van der Waals surface area contributed by atoms with Gasteiger partial charge in [0.25, 0.3) is 5.91 Å². The highest BCUT2D eigenvalue weighted by Gasteiger charge is 2.44. The first-order valence-corrected chi connectivity index (χ1v) is 11.4. The number of methoxy groups -OCH3 is 2. The number of benzene rings is 3. The SMILES string of the molecule is COc1ccc(C2c3c(oc4cc(C)c(C)cc4c3=O)C(=O)N2c2cccc(C(F)(F)F)c2)cc1OC. The summed E-state index contributed by atoms with van der Waals surface area (Å²) in [5, 5.41) is 0.283. The minimum Gasteiger partial charge on any atom is -0.493 e. The lowest BCUT2D eigenvalue weighted by molar-refractivity contribution is -0.137. The molecule has 5 rings (SSSR count). The Morgan fingerprint density at radius 2 is 1.59 bits per heavy atom. The minimum atomic E-state index is -4.62. The van der Waals surface area contributed by atoms with Gasteiger partial charge in [0.1, 0.15) is 5.58 Å². The molecule has 0 saturated heterocycles. The highest BCUT2D eigenvalue weighted by atomic mass is 19.4. The number of hydrogen-bond donors (Lipinski definition) is 0. The Kier molecular flexibility index (Phi) is 5.73. The van der Waals surface area contributed by atoms with Crippen molar-refractivity contribution in [3.63, 3.8) is 0 Å². The lowest BCUT2D eigenvalue weighted by atomic mass is 9.96. The van der Waals surface area contributed by atoms with E-state index in [0.717, 1.165) is 28.2 Å². The second kappa shape index (κ2) is 8.69. The molecule has 4 aromatic rings. The molecule has 1 aliphatic rings. The number of amides is 1. The van der Waals surface area contributed by atoms with E-state index in [2.05, 4.69) is 0 Å². The fourth-order valence-electron chi connectivity index (χ4n) is 4.66. The molecule has 37 heavy (non-hydrogen) atoms. The van der Waals surface area contributed by atoms with Gasteiger partial charge in [-0.1, -0.05) is 12.1 Å². The first-order chi connectivity index (χ1) is 17.5. The molecule has 1 atom stereocenters. The van der Waals surface area contributed by atoms with E-state index >= 15 is 0 Å². The number of fused-ring (bicyclic) bond motifs is 2. The highest BCUT2D eigenvalue weighted by Crippen LogP contribution is 2.44. The number of carbonyl (C=O) groups excluding carboxylic acids is 1. The molecule has 1 unspecified atom stereocenters. The van der Waals surface area contributed by atoms with Crippen molar-refractivity contribution in [3.8, 4) is 11.5 Å². The van der Waals surface area contributed by atoms with Gasteiger partial charge in [0.05, 0.1) is 36.8 Å². The van der Waals surface area contributed by atoms with Crippen molar-refractivity contribution in [2.75, 3.05) is 19.1 Å². The zero-order valence-corrected chi connectivity index (χ0v) is 20.4. The molecule has 0 N–H and O–H groups in total. The summed E-state index contributed by atoms with van der Waals surface area (Å²) in [6.45, 7) is 3.71. The Morgan fingerprint density at radius 1 is 0.892 bits per heavy atom. The number of anilines is 1. The Bertz CT molecular complexity index is 1620. The maximum Gasteiger partial charge on any atom is 0.416 e. The summed E-state index contributed by atoms with van der Waals surface area (Å²) in [5.74, 6) is -0.177. The summed E-state index contributed by atoms with van der Waals surface area (Å²) in [5.41, 5.74) is 1.08. The minimum absolute atomic E-state index is 0.0261. The maximum atomic E-state index is 13.8. The third kappa shape index (κ3) is 3.91. The summed E-state index contributed by atoms with van der Waals surface area (Å²) in [6.07, 6.45) is -4.62. The van der Waals surface area contributed by atoms with Gasteiger partial charge in [0, 0.05) is 5.69 Å². The third-order valence-electron chi connectivity index (χ3n) is 6.66. The van der Waals surface area contributed by atoms with Crippen molar-refractivity contribution >= 4 is 22.6 Å². The normalized spacial score (nSPS) is 15.3. The largest absolute Gasteiger partial charge is 0.493 e. The van der Waals surface area contributed by atoms with Crippen LogP contribution in [0.25, 0.3) is 11.0 Å². The van der Waals surface area contributed by atoms with Crippen LogP contribution in [0.5, 0.6) is 11.5 Å². The van der Waals surface area contributed by atoms with Crippen LogP contribution in [-0.4, -0.2) is 20.1 Å². The average Bonchev–Trinajstić information content (AvgIpc) is 3.16. The summed E-state index contributed by atoms with van der Waals surface area (Å²) in [6, 6.07) is 11.6. The lowest BCUT2D eigenvalue weighted by Crippen LogP contribution is -2.29. The summed E-state index contributed by atoms with van der Waals surface area (Å²) < 4.78 is 57.3. The lowest BCUT2D eigenvalue weighted by Gasteiger charge is -2.26. The van der Waals surface area contributed by atoms with E-state index < -0.39 is 29.1 Å². The van der Waals surface area contributed by atoms with Crippen molar-refractivity contribution in [1.29, 1.82) is 0 Å². The molecule has 0 saturated carbocycles. The molecule has 0 spiro atoms. The molecule has 0 aliphatic carbocycles. The summed E-state index contributed by atoms with van der Waals surface area (Å²) in [7, 11) is 2.90. The molecular weight excluding hydrogens is 487 g/mol. The van der Waals surface area contributed by atoms with Crippen molar-refractivity contribution in [2.45, 2.75) is 26.1 Å². The van der Waals surface area contributed by atoms with E-state index in [-0.39, 0.29) is 28.0 Å². The van der Waals surface area contributed by atoms with Gasteiger partial charge in [0.15, 0.2) is 16.9 Å². The number of halogens is 3. The van der Waals surface area contributed by atoms with Crippen LogP contribution in [0.3, 0.4) is 0 Å². The van der Waals surface area contributed by atoms with Crippen LogP contribution in [0.4, 0.5) is 18.9 Å². The molecule has 9 heteroatoms. The molecule has 3 aromatic carbocycles. The van der Waals surface area contributed by atoms with E-state index in [9.17, 15) is 22.8 Å². The van der Waals surface area contributed by atoms with E-state index in [0.29, 0.717) is 17.1 Å². The molecule has 2 heterocycles. The van der Waals surface area contributed by atoms with Crippen molar-refractivity contribution in [3.05, 3.63) is 98.4 Å². The Morgan fingerprint density at radius 3 is 2.27 bits per heavy atom. The molecule has 0 bridgehead atoms. The predicted octanol–water partition coefficient (Wildman–Crippen LogP) is 6.20. The second-order valence-corrected chi connectivity index (χ2v) is 8.85. The maximum absolute atomic E-state index is 13.8. The smallest absolute Gasteiger partial charge is 0.416 e. The molecule has 6 nitrogen and oxygen atoms in total. The van der Waals surface area contributed by atoms with Gasteiger partial charge in [0.2, 0.25) is 5.76 Å². The molecule has 1 amide bonds. The summed E-state index contributed by atoms with van der Waals surface area (Å²) in [4.78, 5) is 28.7. The van der Waals surface area contributed by atoms with E-state index in [1.807, 2.05) is 13.8 Å². The number of alkyl halides is 3. The Labute approximate surface area is 209 Å². The number of ether oxygens (including phenoxy) is 2. The molecular formula is C28H22F3NO5. The monoisotopic (exact) mass is 509 g/mol. The topological polar surface area (TPSA) is 69.0 Å². The first-order valence-electron chi connectivity index (χ1n) is 11.4.